The van der Waals surface area contributed by atoms with Crippen LogP contribution in [0.25, 0.3) is 83.9 Å². The van der Waals surface area contributed by atoms with Crippen LogP contribution in [0, 0.1) is 5.82 Å². The molecule has 0 aliphatic heterocycles. The second-order valence-corrected chi connectivity index (χ2v) is 13.6. The van der Waals surface area contributed by atoms with Gasteiger partial charge < -0.3 is 4.57 Å². The predicted molar refractivity (Wildman–Crippen MR) is 211 cm³/mol. The van der Waals surface area contributed by atoms with Gasteiger partial charge in [0.1, 0.15) is 5.82 Å². The first-order valence-corrected chi connectivity index (χ1v) is 18.0. The lowest BCUT2D eigenvalue weighted by Gasteiger charge is -2.17. The number of fused-ring (bicyclic) bond motifs is 3. The standard InChI is InChI=1S/C47H27F7N4/c48-39-17-9-7-15-34(39)36-22-19-31(45-56-43(28-11-3-1-4-12-28)55-44(57-45)29-13-5-2-6-14-29)26-42(36)58-40-18-10-8-16-35(40)37-25-30(20-24-41(37)58)33-23-21-32(46(49,50)51)27-38(33)47(52,53)54/h1-27H. The van der Waals surface area contributed by atoms with Gasteiger partial charge in [0, 0.05) is 38.6 Å². The Morgan fingerprint density at radius 3 is 1.59 bits per heavy atom. The van der Waals surface area contributed by atoms with E-state index in [1.165, 1.54) is 12.1 Å². The van der Waals surface area contributed by atoms with Crippen molar-refractivity contribution in [1.82, 2.24) is 19.5 Å². The molecule has 4 nitrogen and oxygen atoms in total. The van der Waals surface area contributed by atoms with Crippen LogP contribution in [0.2, 0.25) is 0 Å². The molecule has 0 amide bonds. The molecule has 0 atom stereocenters. The summed E-state index contributed by atoms with van der Waals surface area (Å²) >= 11 is 0. The van der Waals surface area contributed by atoms with Crippen LogP contribution in [0.15, 0.2) is 164 Å². The highest BCUT2D eigenvalue weighted by Gasteiger charge is 2.38. The predicted octanol–water partition coefficient (Wildman–Crippen LogP) is 13.5. The van der Waals surface area contributed by atoms with Crippen LogP contribution >= 0.6 is 0 Å². The van der Waals surface area contributed by atoms with Gasteiger partial charge in [-0.3, -0.25) is 0 Å². The second-order valence-electron chi connectivity index (χ2n) is 13.6. The number of rotatable bonds is 6. The van der Waals surface area contributed by atoms with E-state index in [1.807, 2.05) is 89.5 Å². The molecular formula is C47H27F7N4. The van der Waals surface area contributed by atoms with Crippen LogP contribution < -0.4 is 0 Å². The van der Waals surface area contributed by atoms with Crippen molar-refractivity contribution in [2.75, 3.05) is 0 Å². The molecule has 9 rings (SSSR count). The molecule has 2 aromatic heterocycles. The van der Waals surface area contributed by atoms with Gasteiger partial charge >= 0.3 is 12.4 Å². The van der Waals surface area contributed by atoms with E-state index in [0.29, 0.717) is 67.7 Å². The minimum absolute atomic E-state index is 0.0756. The topological polar surface area (TPSA) is 43.6 Å². The monoisotopic (exact) mass is 780 g/mol. The van der Waals surface area contributed by atoms with Crippen molar-refractivity contribution in [3.63, 3.8) is 0 Å². The molecule has 0 bridgehead atoms. The van der Waals surface area contributed by atoms with Crippen LogP contribution in [0.1, 0.15) is 11.1 Å². The summed E-state index contributed by atoms with van der Waals surface area (Å²) in [7, 11) is 0. The number of alkyl halides is 6. The van der Waals surface area contributed by atoms with E-state index in [-0.39, 0.29) is 11.6 Å². The number of halogens is 7. The Labute approximate surface area is 326 Å². The fraction of sp³-hybridized carbons (Fsp3) is 0.0426. The van der Waals surface area contributed by atoms with Crippen molar-refractivity contribution in [3.8, 4) is 62.1 Å². The van der Waals surface area contributed by atoms with Gasteiger partial charge in [-0.1, -0.05) is 121 Å². The molecule has 0 unspecified atom stereocenters. The molecule has 7 aromatic carbocycles. The van der Waals surface area contributed by atoms with E-state index in [1.54, 1.807) is 48.5 Å². The van der Waals surface area contributed by atoms with Crippen LogP contribution in [-0.4, -0.2) is 19.5 Å². The third-order valence-corrected chi connectivity index (χ3v) is 10.00. The summed E-state index contributed by atoms with van der Waals surface area (Å²) in [5.41, 5.74) is 1.55. The van der Waals surface area contributed by atoms with Gasteiger partial charge in [-0.25, -0.2) is 19.3 Å². The van der Waals surface area contributed by atoms with Crippen LogP contribution in [0.4, 0.5) is 30.7 Å². The average molecular weight is 781 g/mol. The summed E-state index contributed by atoms with van der Waals surface area (Å²) in [4.78, 5) is 14.6. The molecule has 0 fully saturated rings. The van der Waals surface area contributed by atoms with Crippen LogP contribution in [-0.2, 0) is 12.4 Å². The molecule has 0 N–H and O–H groups in total. The molecule has 0 saturated carbocycles. The summed E-state index contributed by atoms with van der Waals surface area (Å²) in [6, 6.07) is 44.2. The van der Waals surface area contributed by atoms with E-state index in [9.17, 15) is 26.3 Å². The SMILES string of the molecule is Fc1ccccc1-c1ccc(-c2nc(-c3ccccc3)nc(-c3ccccc3)n2)cc1-n1c2ccccc2c2cc(-c3ccc(C(F)(F)F)cc3C(F)(F)F)ccc21. The molecule has 0 aliphatic carbocycles. The maximum atomic E-state index is 15.7. The third-order valence-electron chi connectivity index (χ3n) is 10.00. The van der Waals surface area contributed by atoms with E-state index >= 15 is 4.39 Å². The van der Waals surface area contributed by atoms with Gasteiger partial charge in [-0.15, -0.1) is 0 Å². The lowest BCUT2D eigenvalue weighted by molar-refractivity contribution is -0.142. The van der Waals surface area contributed by atoms with Crippen molar-refractivity contribution in [3.05, 3.63) is 181 Å². The van der Waals surface area contributed by atoms with Gasteiger partial charge in [-0.2, -0.15) is 26.3 Å². The molecule has 0 aliphatic rings. The Balaban J connectivity index is 1.30. The van der Waals surface area contributed by atoms with Crippen molar-refractivity contribution in [1.29, 1.82) is 0 Å². The Hall–Kier alpha value is -7.14. The Morgan fingerprint density at radius 2 is 0.948 bits per heavy atom. The first kappa shape index (κ1) is 36.5. The molecule has 58 heavy (non-hydrogen) atoms. The largest absolute Gasteiger partial charge is 0.417 e. The molecule has 0 radical (unpaired) electrons. The Kier molecular flexibility index (Phi) is 8.88. The normalized spacial score (nSPS) is 12.1. The number of aromatic nitrogens is 4. The lowest BCUT2D eigenvalue weighted by atomic mass is 9.95. The quantitative estimate of drug-likeness (QED) is 0.158. The van der Waals surface area contributed by atoms with Gasteiger partial charge in [0.15, 0.2) is 17.5 Å². The van der Waals surface area contributed by atoms with E-state index in [2.05, 4.69) is 0 Å². The Bertz CT molecular complexity index is 2930. The van der Waals surface area contributed by atoms with E-state index < -0.39 is 34.9 Å². The van der Waals surface area contributed by atoms with Gasteiger partial charge in [0.05, 0.1) is 27.8 Å². The zero-order chi connectivity index (χ0) is 40.2. The number of hydrogen-bond acceptors (Lipinski definition) is 3. The molecule has 0 spiro atoms. The molecule has 0 saturated heterocycles. The minimum Gasteiger partial charge on any atom is -0.309 e. The minimum atomic E-state index is -5.07. The summed E-state index contributed by atoms with van der Waals surface area (Å²) in [5.74, 6) is 0.753. The molecule has 284 valence electrons. The highest BCUT2D eigenvalue weighted by Crippen LogP contribution is 2.44. The van der Waals surface area contributed by atoms with Gasteiger partial charge in [0.2, 0.25) is 0 Å². The fourth-order valence-electron chi connectivity index (χ4n) is 7.31. The summed E-state index contributed by atoms with van der Waals surface area (Å²) in [6.07, 6.45) is -10.0. The summed E-state index contributed by atoms with van der Waals surface area (Å²) in [6.45, 7) is 0. The number of benzene rings is 7. The zero-order valence-corrected chi connectivity index (χ0v) is 30.0. The highest BCUT2D eigenvalue weighted by molar-refractivity contribution is 6.11. The smallest absolute Gasteiger partial charge is 0.309 e. The maximum absolute atomic E-state index is 15.7. The van der Waals surface area contributed by atoms with Crippen molar-refractivity contribution in [2.45, 2.75) is 12.4 Å². The summed E-state index contributed by atoms with van der Waals surface area (Å²) < 4.78 is 101. The zero-order valence-electron chi connectivity index (χ0n) is 30.0. The van der Waals surface area contributed by atoms with Crippen molar-refractivity contribution >= 4 is 21.8 Å². The van der Waals surface area contributed by atoms with E-state index in [4.69, 9.17) is 15.0 Å². The number of hydrogen-bond donors (Lipinski definition) is 0. The maximum Gasteiger partial charge on any atom is 0.417 e. The second kappa shape index (κ2) is 14.1. The fourth-order valence-corrected chi connectivity index (χ4v) is 7.31. The lowest BCUT2D eigenvalue weighted by Crippen LogP contribution is -2.12. The first-order chi connectivity index (χ1) is 27.9. The van der Waals surface area contributed by atoms with Crippen molar-refractivity contribution in [2.24, 2.45) is 0 Å². The van der Waals surface area contributed by atoms with E-state index in [0.717, 1.165) is 17.2 Å². The molecule has 2 heterocycles. The van der Waals surface area contributed by atoms with Gasteiger partial charge in [0.25, 0.3) is 0 Å². The number of para-hydroxylation sites is 1. The first-order valence-electron chi connectivity index (χ1n) is 18.0. The van der Waals surface area contributed by atoms with Crippen LogP contribution in [0.5, 0.6) is 0 Å². The Morgan fingerprint density at radius 1 is 0.397 bits per heavy atom. The molecule has 11 heteroatoms. The third kappa shape index (κ3) is 6.64. The number of nitrogens with zero attached hydrogens (tertiary/aromatic N) is 4. The van der Waals surface area contributed by atoms with Gasteiger partial charge in [-0.05, 0) is 53.6 Å². The molecular weight excluding hydrogens is 754 g/mol. The highest BCUT2D eigenvalue weighted by atomic mass is 19.4. The average Bonchev–Trinajstić information content (AvgIpc) is 3.57. The molecule has 9 aromatic rings. The van der Waals surface area contributed by atoms with Crippen molar-refractivity contribution < 1.29 is 30.7 Å². The summed E-state index contributed by atoms with van der Waals surface area (Å²) in [5, 5.41) is 1.19. The van der Waals surface area contributed by atoms with Crippen LogP contribution in [0.3, 0.4) is 0 Å².